The fourth-order valence-electron chi connectivity index (χ4n) is 3.93. The number of nitrogens with one attached hydrogen (secondary N) is 1. The van der Waals surface area contributed by atoms with Crippen molar-refractivity contribution in [3.05, 3.63) is 47.7 Å². The van der Waals surface area contributed by atoms with Gasteiger partial charge in [0, 0.05) is 38.1 Å². The van der Waals surface area contributed by atoms with Crippen molar-refractivity contribution >= 4 is 23.1 Å². The predicted molar refractivity (Wildman–Crippen MR) is 122 cm³/mol. The zero-order valence-electron chi connectivity index (χ0n) is 20.0. The van der Waals surface area contributed by atoms with Crippen molar-refractivity contribution in [3.8, 4) is 0 Å². The van der Waals surface area contributed by atoms with Crippen molar-refractivity contribution in [2.24, 2.45) is 16.6 Å². The number of halogens is 6. The molecule has 3 N–H and O–H groups in total. The lowest BCUT2D eigenvalue weighted by atomic mass is 9.88. The number of likely N-dealkylation sites (tertiary alicyclic amines) is 1. The van der Waals surface area contributed by atoms with Gasteiger partial charge in [0.05, 0.1) is 36.1 Å². The Morgan fingerprint density at radius 2 is 1.78 bits per heavy atom. The topological polar surface area (TPSA) is 122 Å². The third kappa shape index (κ3) is 6.51. The van der Waals surface area contributed by atoms with Gasteiger partial charge in [-0.3, -0.25) is 9.79 Å². The van der Waals surface area contributed by atoms with Crippen LogP contribution in [0.5, 0.6) is 0 Å². The standard InChI is InChI=1S/C22H24F6N8O/c1-11-4-21(24,25)10-36(15(11)9-35-20-33-5-13(6-34-20)22(26,27)28)19(37)17(29)16(12(2)30-3)18-31-7-14(23)8-32-18/h5-8,11,15H,4,9-10,29H2,1-3H3,(H,33,34,35)/t11-,15?/m1/s1. The van der Waals surface area contributed by atoms with Gasteiger partial charge in [-0.1, -0.05) is 6.92 Å². The molecular weight excluding hydrogens is 506 g/mol. The molecule has 1 fully saturated rings. The summed E-state index contributed by atoms with van der Waals surface area (Å²) in [5, 5.41) is 2.70. The maximum Gasteiger partial charge on any atom is 0.419 e. The molecule has 3 rings (SSSR count). The molecule has 1 aliphatic heterocycles. The lowest BCUT2D eigenvalue weighted by Crippen LogP contribution is -2.58. The van der Waals surface area contributed by atoms with Gasteiger partial charge < -0.3 is 16.0 Å². The Kier molecular flexibility index (Phi) is 8.03. The first-order chi connectivity index (χ1) is 17.2. The number of carbonyl (C=O) groups excluding carboxylic acids is 1. The molecule has 2 atom stereocenters. The Morgan fingerprint density at radius 1 is 1.19 bits per heavy atom. The maximum atomic E-state index is 14.5. The lowest BCUT2D eigenvalue weighted by molar-refractivity contribution is -0.148. The van der Waals surface area contributed by atoms with Crippen LogP contribution >= 0.6 is 0 Å². The minimum Gasteiger partial charge on any atom is -0.394 e. The summed E-state index contributed by atoms with van der Waals surface area (Å²) in [6, 6.07) is -0.856. The molecule has 2 aromatic heterocycles. The molecule has 3 heterocycles. The molecule has 2 aromatic rings. The number of aromatic nitrogens is 4. The molecule has 0 aliphatic carbocycles. The van der Waals surface area contributed by atoms with Crippen molar-refractivity contribution in [3.63, 3.8) is 0 Å². The average molecular weight is 530 g/mol. The summed E-state index contributed by atoms with van der Waals surface area (Å²) in [4.78, 5) is 33.2. The van der Waals surface area contributed by atoms with E-state index in [1.807, 2.05) is 0 Å². The zero-order valence-corrected chi connectivity index (χ0v) is 20.0. The molecule has 1 aliphatic rings. The summed E-state index contributed by atoms with van der Waals surface area (Å²) in [6.07, 6.45) is -2.28. The molecule has 0 bridgehead atoms. The number of nitrogens with two attached hydrogens (primary N) is 1. The van der Waals surface area contributed by atoms with Crippen LogP contribution in [-0.2, 0) is 11.0 Å². The second-order valence-corrected chi connectivity index (χ2v) is 8.53. The Balaban J connectivity index is 1.93. The Morgan fingerprint density at radius 3 is 2.32 bits per heavy atom. The average Bonchev–Trinajstić information content (AvgIpc) is 2.83. The second-order valence-electron chi connectivity index (χ2n) is 8.53. The van der Waals surface area contributed by atoms with E-state index in [2.05, 4.69) is 30.2 Å². The maximum absolute atomic E-state index is 14.5. The highest BCUT2D eigenvalue weighted by Gasteiger charge is 2.46. The number of hydrogen-bond acceptors (Lipinski definition) is 8. The molecular formula is C22H24F6N8O. The van der Waals surface area contributed by atoms with E-state index in [-0.39, 0.29) is 29.6 Å². The monoisotopic (exact) mass is 530 g/mol. The number of allylic oxidation sites excluding steroid dienone is 1. The number of rotatable bonds is 6. The molecule has 1 amide bonds. The number of carbonyl (C=O) groups is 1. The van der Waals surface area contributed by atoms with Crippen molar-refractivity contribution in [1.82, 2.24) is 24.8 Å². The van der Waals surface area contributed by atoms with Crippen LogP contribution < -0.4 is 11.1 Å². The number of nitrogens with zero attached hydrogens (tertiary/aromatic N) is 6. The SMILES string of the molecule is CN=C(C)C(=C(N)C(=O)N1CC(F)(F)C[C@@H](C)C1CNc1ncc(C(F)(F)F)cn1)c1ncc(F)cn1. The highest BCUT2D eigenvalue weighted by atomic mass is 19.4. The second kappa shape index (κ2) is 10.7. The number of alkyl halides is 5. The highest BCUT2D eigenvalue weighted by molar-refractivity contribution is 6.27. The zero-order chi connectivity index (χ0) is 27.5. The molecule has 37 heavy (non-hydrogen) atoms. The quantitative estimate of drug-likeness (QED) is 0.334. The Labute approximate surface area is 207 Å². The molecule has 9 nitrogen and oxygen atoms in total. The van der Waals surface area contributed by atoms with E-state index in [9.17, 15) is 31.1 Å². The van der Waals surface area contributed by atoms with Gasteiger partial charge >= 0.3 is 6.18 Å². The molecule has 0 radical (unpaired) electrons. The first kappa shape index (κ1) is 27.8. The first-order valence-electron chi connectivity index (χ1n) is 11.0. The van der Waals surface area contributed by atoms with Crippen LogP contribution in [0, 0.1) is 11.7 Å². The van der Waals surface area contributed by atoms with E-state index in [0.717, 1.165) is 17.3 Å². The lowest BCUT2D eigenvalue weighted by Gasteiger charge is -2.43. The molecule has 0 spiro atoms. The number of hydrogen-bond donors (Lipinski definition) is 2. The third-order valence-corrected chi connectivity index (χ3v) is 5.83. The number of aliphatic imine (C=N–C) groups is 1. The first-order valence-corrected chi connectivity index (χ1v) is 11.0. The minimum absolute atomic E-state index is 0.0492. The van der Waals surface area contributed by atoms with Gasteiger partial charge in [-0.15, -0.1) is 0 Å². The molecule has 0 aromatic carbocycles. The fraction of sp³-hybridized carbons (Fsp3) is 0.455. The Hall–Kier alpha value is -3.78. The smallest absolute Gasteiger partial charge is 0.394 e. The van der Waals surface area contributed by atoms with Crippen molar-refractivity contribution in [2.45, 2.75) is 38.4 Å². The van der Waals surface area contributed by atoms with E-state index in [4.69, 9.17) is 5.73 Å². The van der Waals surface area contributed by atoms with E-state index >= 15 is 0 Å². The summed E-state index contributed by atoms with van der Waals surface area (Å²) in [5.74, 6) is -5.97. The third-order valence-electron chi connectivity index (χ3n) is 5.83. The summed E-state index contributed by atoms with van der Waals surface area (Å²) < 4.78 is 80.7. The van der Waals surface area contributed by atoms with Gasteiger partial charge in [0.2, 0.25) is 5.95 Å². The molecule has 15 heteroatoms. The van der Waals surface area contributed by atoms with Crippen LogP contribution in [0.15, 0.2) is 35.5 Å². The Bertz CT molecular complexity index is 1180. The van der Waals surface area contributed by atoms with Crippen LogP contribution in [0.1, 0.15) is 31.7 Å². The van der Waals surface area contributed by atoms with Crippen molar-refractivity contribution < 1.29 is 31.1 Å². The normalized spacial score (nSPS) is 20.9. The van der Waals surface area contributed by atoms with Crippen LogP contribution in [0.4, 0.5) is 32.3 Å². The summed E-state index contributed by atoms with van der Waals surface area (Å²) >= 11 is 0. The van der Waals surface area contributed by atoms with Crippen LogP contribution in [-0.4, -0.2) is 68.6 Å². The van der Waals surface area contributed by atoms with Gasteiger partial charge in [-0.2, -0.15) is 13.2 Å². The van der Waals surface area contributed by atoms with Gasteiger partial charge in [-0.25, -0.2) is 33.1 Å². The molecule has 0 saturated carbocycles. The fourth-order valence-corrected chi connectivity index (χ4v) is 3.93. The van der Waals surface area contributed by atoms with Crippen molar-refractivity contribution in [2.75, 3.05) is 25.5 Å². The van der Waals surface area contributed by atoms with Crippen LogP contribution in [0.2, 0.25) is 0 Å². The van der Waals surface area contributed by atoms with E-state index in [1.54, 1.807) is 0 Å². The summed E-state index contributed by atoms with van der Waals surface area (Å²) in [7, 11) is 1.41. The highest BCUT2D eigenvalue weighted by Crippen LogP contribution is 2.35. The summed E-state index contributed by atoms with van der Waals surface area (Å²) in [6.45, 7) is 1.90. The van der Waals surface area contributed by atoms with E-state index in [1.165, 1.54) is 20.9 Å². The largest absolute Gasteiger partial charge is 0.419 e. The molecule has 1 saturated heterocycles. The number of anilines is 1. The van der Waals surface area contributed by atoms with Gasteiger partial charge in [-0.05, 0) is 12.8 Å². The summed E-state index contributed by atoms with van der Waals surface area (Å²) in [5.41, 5.74) is 4.77. The number of piperidine rings is 1. The van der Waals surface area contributed by atoms with Crippen LogP contribution in [0.25, 0.3) is 5.57 Å². The predicted octanol–water partition coefficient (Wildman–Crippen LogP) is 3.17. The van der Waals surface area contributed by atoms with E-state index < -0.39 is 60.0 Å². The van der Waals surface area contributed by atoms with Gasteiger partial charge in [0.1, 0.15) is 5.70 Å². The van der Waals surface area contributed by atoms with Gasteiger partial charge in [0.25, 0.3) is 11.8 Å². The molecule has 1 unspecified atom stereocenters. The van der Waals surface area contributed by atoms with Crippen LogP contribution in [0.3, 0.4) is 0 Å². The van der Waals surface area contributed by atoms with Gasteiger partial charge in [0.15, 0.2) is 11.6 Å². The number of amides is 1. The van der Waals surface area contributed by atoms with Crippen molar-refractivity contribution in [1.29, 1.82) is 0 Å². The van der Waals surface area contributed by atoms with E-state index in [0.29, 0.717) is 12.4 Å². The molecule has 200 valence electrons. The minimum atomic E-state index is -4.62.